The van der Waals surface area contributed by atoms with Crippen LogP contribution >= 0.6 is 0 Å². The van der Waals surface area contributed by atoms with Gasteiger partial charge < -0.3 is 34.3 Å². The van der Waals surface area contributed by atoms with E-state index in [-0.39, 0.29) is 31.8 Å². The van der Waals surface area contributed by atoms with Crippen molar-refractivity contribution in [2.75, 3.05) is 46.4 Å². The van der Waals surface area contributed by atoms with Crippen molar-refractivity contribution in [3.8, 4) is 23.0 Å². The molecule has 0 radical (unpaired) electrons. The maximum Gasteiger partial charge on any atom is 0.247 e. The van der Waals surface area contributed by atoms with Gasteiger partial charge in [-0.05, 0) is 35.4 Å². The highest BCUT2D eigenvalue weighted by Gasteiger charge is 2.28. The summed E-state index contributed by atoms with van der Waals surface area (Å²) in [6, 6.07) is 10.2. The Hall–Kier alpha value is -3.50. The first-order valence-corrected chi connectivity index (χ1v) is 11.3. The molecule has 0 aliphatic carbocycles. The highest BCUT2D eigenvalue weighted by molar-refractivity contribution is 5.88. The van der Waals surface area contributed by atoms with Crippen molar-refractivity contribution in [3.63, 3.8) is 0 Å². The number of fused-ring (bicyclic) bond motifs is 2. The molecule has 180 valence electrons. The van der Waals surface area contributed by atoms with Crippen molar-refractivity contribution in [3.05, 3.63) is 47.5 Å². The van der Waals surface area contributed by atoms with E-state index >= 15 is 0 Å². The number of piperazine rings is 1. The van der Waals surface area contributed by atoms with E-state index in [1.54, 1.807) is 23.1 Å². The van der Waals surface area contributed by atoms with Gasteiger partial charge in [-0.1, -0.05) is 12.1 Å². The molecule has 1 unspecified atom stereocenters. The number of benzene rings is 2. The molecule has 0 saturated carbocycles. The van der Waals surface area contributed by atoms with Crippen LogP contribution in [-0.4, -0.2) is 79.1 Å². The third-order valence-electron chi connectivity index (χ3n) is 6.14. The number of rotatable bonds is 7. The number of aliphatic hydroxyl groups excluding tert-OH is 1. The third-order valence-corrected chi connectivity index (χ3v) is 6.14. The highest BCUT2D eigenvalue weighted by atomic mass is 16.7. The fraction of sp³-hybridized carbons (Fsp3) is 0.417. The largest absolute Gasteiger partial charge is 0.454 e. The number of carbonyl (C=O) groups excluding carboxylic acids is 2. The van der Waals surface area contributed by atoms with Crippen molar-refractivity contribution in [1.29, 1.82) is 0 Å². The molecule has 2 amide bonds. The molecule has 3 aliphatic rings. The van der Waals surface area contributed by atoms with E-state index in [4.69, 9.17) is 18.9 Å². The minimum atomic E-state index is -0.970. The molecule has 5 rings (SSSR count). The second-order valence-corrected chi connectivity index (χ2v) is 8.46. The molecule has 3 heterocycles. The molecular weight excluding hydrogens is 442 g/mol. The molecule has 0 bridgehead atoms. The minimum Gasteiger partial charge on any atom is -0.454 e. The highest BCUT2D eigenvalue weighted by Crippen LogP contribution is 2.33. The number of nitrogens with one attached hydrogen (secondary N) is 1. The Morgan fingerprint density at radius 3 is 2.09 bits per heavy atom. The van der Waals surface area contributed by atoms with Crippen molar-refractivity contribution in [1.82, 2.24) is 15.1 Å². The van der Waals surface area contributed by atoms with Crippen molar-refractivity contribution < 1.29 is 33.6 Å². The molecule has 2 N–H and O–H groups in total. The van der Waals surface area contributed by atoms with E-state index in [0.717, 1.165) is 29.2 Å². The normalized spacial score (nSPS) is 17.5. The first kappa shape index (κ1) is 22.3. The standard InChI is InChI=1S/C24H27N3O7/c28-13-18(25-23(29)11-16-1-3-19-21(9-16)33-14-31-19)24(30)27-7-5-26(6-8-27)12-17-2-4-20-22(10-17)34-15-32-20/h1-4,9-10,18,28H,5-8,11-15H2,(H,25,29). The summed E-state index contributed by atoms with van der Waals surface area (Å²) in [5.41, 5.74) is 1.86. The average molecular weight is 469 g/mol. The van der Waals surface area contributed by atoms with Crippen molar-refractivity contribution in [2.45, 2.75) is 19.0 Å². The van der Waals surface area contributed by atoms with Gasteiger partial charge in [-0.25, -0.2) is 0 Å². The SMILES string of the molecule is O=C(Cc1ccc2c(c1)OCO2)NC(CO)C(=O)N1CCN(Cc2ccc3c(c2)OCO3)CC1. The minimum absolute atomic E-state index is 0.0731. The fourth-order valence-corrected chi connectivity index (χ4v) is 4.31. The van der Waals surface area contributed by atoms with Gasteiger partial charge in [-0.3, -0.25) is 14.5 Å². The zero-order valence-corrected chi connectivity index (χ0v) is 18.7. The predicted molar refractivity (Wildman–Crippen MR) is 120 cm³/mol. The molecular formula is C24H27N3O7. The van der Waals surface area contributed by atoms with E-state index in [1.165, 1.54) is 0 Å². The zero-order valence-electron chi connectivity index (χ0n) is 18.7. The summed E-state index contributed by atoms with van der Waals surface area (Å²) in [7, 11) is 0. The van der Waals surface area contributed by atoms with E-state index in [1.807, 2.05) is 18.2 Å². The lowest BCUT2D eigenvalue weighted by atomic mass is 10.1. The Kier molecular flexibility index (Phi) is 6.41. The summed E-state index contributed by atoms with van der Waals surface area (Å²) in [6.45, 7) is 3.15. The molecule has 1 fully saturated rings. The van der Waals surface area contributed by atoms with Gasteiger partial charge in [-0.15, -0.1) is 0 Å². The van der Waals surface area contributed by atoms with Crippen LogP contribution in [0.2, 0.25) is 0 Å². The molecule has 0 aromatic heterocycles. The molecule has 3 aliphatic heterocycles. The summed E-state index contributed by atoms with van der Waals surface area (Å²) in [6.07, 6.45) is 0.0731. The van der Waals surface area contributed by atoms with Crippen LogP contribution in [0.25, 0.3) is 0 Å². The number of ether oxygens (including phenoxy) is 4. The Labute approximate surface area is 196 Å². The van der Waals surface area contributed by atoms with Gasteiger partial charge in [0.15, 0.2) is 23.0 Å². The monoisotopic (exact) mass is 469 g/mol. The summed E-state index contributed by atoms with van der Waals surface area (Å²) < 4.78 is 21.4. The number of hydrogen-bond donors (Lipinski definition) is 2. The van der Waals surface area contributed by atoms with Crippen LogP contribution in [0.15, 0.2) is 36.4 Å². The zero-order chi connectivity index (χ0) is 23.5. The molecule has 34 heavy (non-hydrogen) atoms. The number of amides is 2. The molecule has 1 atom stereocenters. The molecule has 10 heteroatoms. The van der Waals surface area contributed by atoms with Crippen LogP contribution in [0.4, 0.5) is 0 Å². The van der Waals surface area contributed by atoms with Gasteiger partial charge in [0, 0.05) is 32.7 Å². The number of nitrogens with zero attached hydrogens (tertiary/aromatic N) is 2. The van der Waals surface area contributed by atoms with Gasteiger partial charge in [0.1, 0.15) is 6.04 Å². The van der Waals surface area contributed by atoms with Gasteiger partial charge in [0.05, 0.1) is 13.0 Å². The lowest BCUT2D eigenvalue weighted by Gasteiger charge is -2.36. The van der Waals surface area contributed by atoms with Gasteiger partial charge >= 0.3 is 0 Å². The maximum absolute atomic E-state index is 12.9. The van der Waals surface area contributed by atoms with Crippen LogP contribution < -0.4 is 24.3 Å². The van der Waals surface area contributed by atoms with Crippen LogP contribution in [0.3, 0.4) is 0 Å². The quantitative estimate of drug-likeness (QED) is 0.604. The fourth-order valence-electron chi connectivity index (χ4n) is 4.31. The van der Waals surface area contributed by atoms with Crippen molar-refractivity contribution >= 4 is 11.8 Å². The van der Waals surface area contributed by atoms with Gasteiger partial charge in [-0.2, -0.15) is 0 Å². The van der Waals surface area contributed by atoms with E-state index in [9.17, 15) is 14.7 Å². The van der Waals surface area contributed by atoms with Gasteiger partial charge in [0.25, 0.3) is 0 Å². The third kappa shape index (κ3) is 4.87. The predicted octanol–water partition coefficient (Wildman–Crippen LogP) is 0.508. The molecule has 2 aromatic rings. The number of hydrogen-bond acceptors (Lipinski definition) is 8. The van der Waals surface area contributed by atoms with Crippen molar-refractivity contribution in [2.24, 2.45) is 0 Å². The summed E-state index contributed by atoms with van der Waals surface area (Å²) in [5.74, 6) is 2.14. The Balaban J connectivity index is 1.10. The lowest BCUT2D eigenvalue weighted by Crippen LogP contribution is -2.56. The molecule has 10 nitrogen and oxygen atoms in total. The molecule has 0 spiro atoms. The summed E-state index contributed by atoms with van der Waals surface area (Å²) >= 11 is 0. The van der Waals surface area contributed by atoms with E-state index < -0.39 is 12.6 Å². The Bertz CT molecular complexity index is 1070. The summed E-state index contributed by atoms with van der Waals surface area (Å²) in [5, 5.41) is 12.4. The second kappa shape index (κ2) is 9.78. The van der Waals surface area contributed by atoms with E-state index in [0.29, 0.717) is 37.7 Å². The molecule has 1 saturated heterocycles. The topological polar surface area (TPSA) is 110 Å². The van der Waals surface area contributed by atoms with Gasteiger partial charge in [0.2, 0.25) is 25.4 Å². The number of aliphatic hydroxyl groups is 1. The van der Waals surface area contributed by atoms with Crippen LogP contribution in [0.1, 0.15) is 11.1 Å². The van der Waals surface area contributed by atoms with Crippen LogP contribution in [-0.2, 0) is 22.6 Å². The van der Waals surface area contributed by atoms with Crippen LogP contribution in [0, 0.1) is 0 Å². The maximum atomic E-state index is 12.9. The van der Waals surface area contributed by atoms with Crippen LogP contribution in [0.5, 0.6) is 23.0 Å². The number of carbonyl (C=O) groups is 2. The average Bonchev–Trinajstić information content (AvgIpc) is 3.51. The first-order chi connectivity index (χ1) is 16.6. The first-order valence-electron chi connectivity index (χ1n) is 11.3. The smallest absolute Gasteiger partial charge is 0.247 e. The summed E-state index contributed by atoms with van der Waals surface area (Å²) in [4.78, 5) is 29.4. The Morgan fingerprint density at radius 1 is 0.853 bits per heavy atom. The van der Waals surface area contributed by atoms with E-state index in [2.05, 4.69) is 10.2 Å². The molecule has 2 aromatic carbocycles. The Morgan fingerprint density at radius 2 is 1.44 bits per heavy atom. The second-order valence-electron chi connectivity index (χ2n) is 8.46. The lowest BCUT2D eigenvalue weighted by molar-refractivity contribution is -0.139.